The molecule has 2 aliphatic rings. The molecule has 9 heteroatoms. The van der Waals surface area contributed by atoms with Crippen LogP contribution < -0.4 is 15.4 Å². The van der Waals surface area contributed by atoms with E-state index in [2.05, 4.69) is 38.6 Å². The number of hydrogen-bond donors (Lipinski definition) is 2. The Morgan fingerprint density at radius 1 is 1.21 bits per heavy atom. The van der Waals surface area contributed by atoms with Gasteiger partial charge in [0.25, 0.3) is 0 Å². The predicted molar refractivity (Wildman–Crippen MR) is 122 cm³/mol. The van der Waals surface area contributed by atoms with Gasteiger partial charge in [0.05, 0.1) is 42.4 Å². The van der Waals surface area contributed by atoms with E-state index in [-0.39, 0.29) is 18.5 Å². The van der Waals surface area contributed by atoms with Gasteiger partial charge in [0.1, 0.15) is 12.4 Å². The van der Waals surface area contributed by atoms with E-state index in [1.165, 1.54) is 18.6 Å². The van der Waals surface area contributed by atoms with Gasteiger partial charge in [-0.1, -0.05) is 0 Å². The third-order valence-corrected chi connectivity index (χ3v) is 6.35. The first-order valence-electron chi connectivity index (χ1n) is 11.5. The first-order valence-corrected chi connectivity index (χ1v) is 11.5. The molecule has 1 atom stereocenters. The lowest BCUT2D eigenvalue weighted by Gasteiger charge is -2.31. The zero-order chi connectivity index (χ0) is 23.3. The minimum absolute atomic E-state index is 0.273. The van der Waals surface area contributed by atoms with E-state index in [1.54, 1.807) is 13.2 Å². The van der Waals surface area contributed by atoms with Gasteiger partial charge in [-0.05, 0) is 51.5 Å². The summed E-state index contributed by atoms with van der Waals surface area (Å²) < 4.78 is 25.4. The Hall–Kier alpha value is -2.83. The third-order valence-electron chi connectivity index (χ3n) is 6.35. The fraction of sp³-hybridized carbons (Fsp3) is 0.583. The van der Waals surface area contributed by atoms with Crippen LogP contribution in [0, 0.1) is 22.6 Å². The van der Waals surface area contributed by atoms with Crippen LogP contribution in [0.4, 0.5) is 10.2 Å². The summed E-state index contributed by atoms with van der Waals surface area (Å²) in [6, 6.07) is 5.06. The molecule has 4 rings (SSSR count). The van der Waals surface area contributed by atoms with Crippen molar-refractivity contribution in [2.75, 3.05) is 25.6 Å². The van der Waals surface area contributed by atoms with Crippen molar-refractivity contribution in [1.82, 2.24) is 20.3 Å². The number of halogens is 1. The molecular weight excluding hydrogens is 423 g/mol. The van der Waals surface area contributed by atoms with Gasteiger partial charge in [0.2, 0.25) is 5.88 Å². The van der Waals surface area contributed by atoms with E-state index < -0.39 is 11.2 Å². The highest BCUT2D eigenvalue weighted by molar-refractivity contribution is 5.63. The molecule has 0 amide bonds. The molecule has 33 heavy (non-hydrogen) atoms. The lowest BCUT2D eigenvalue weighted by atomic mass is 9.90. The van der Waals surface area contributed by atoms with Crippen molar-refractivity contribution in [3.63, 3.8) is 0 Å². The first-order chi connectivity index (χ1) is 16.0. The topological polar surface area (TPSA) is 105 Å². The zero-order valence-electron chi connectivity index (χ0n) is 19.2. The van der Waals surface area contributed by atoms with Gasteiger partial charge in [0, 0.05) is 30.8 Å². The highest BCUT2D eigenvalue weighted by atomic mass is 19.1. The minimum Gasteiger partial charge on any atom is -0.475 e. The largest absolute Gasteiger partial charge is 0.475 e. The van der Waals surface area contributed by atoms with Gasteiger partial charge in [-0.2, -0.15) is 5.26 Å². The van der Waals surface area contributed by atoms with Crippen molar-refractivity contribution in [2.24, 2.45) is 5.41 Å². The third kappa shape index (κ3) is 6.15. The van der Waals surface area contributed by atoms with Crippen LogP contribution in [0.15, 0.2) is 24.7 Å². The molecule has 2 saturated carbocycles. The molecule has 0 aromatic carbocycles. The van der Waals surface area contributed by atoms with Crippen molar-refractivity contribution in [2.45, 2.75) is 63.6 Å². The number of rotatable bonds is 10. The number of hydrogen-bond acceptors (Lipinski definition) is 8. The molecule has 176 valence electrons. The van der Waals surface area contributed by atoms with Crippen molar-refractivity contribution >= 4 is 5.82 Å². The summed E-state index contributed by atoms with van der Waals surface area (Å²) in [6.45, 7) is 3.11. The summed E-state index contributed by atoms with van der Waals surface area (Å²) in [7, 11) is 1.72. The fourth-order valence-corrected chi connectivity index (χ4v) is 4.23. The summed E-state index contributed by atoms with van der Waals surface area (Å²) in [5, 5.41) is 16.3. The predicted octanol–water partition coefficient (Wildman–Crippen LogP) is 3.71. The van der Waals surface area contributed by atoms with Crippen molar-refractivity contribution < 1.29 is 13.9 Å². The number of aromatic nitrogens is 3. The van der Waals surface area contributed by atoms with Crippen LogP contribution in [-0.2, 0) is 4.74 Å². The normalized spacial score (nSPS) is 22.2. The molecule has 2 aliphatic carbocycles. The molecule has 0 bridgehead atoms. The molecule has 2 aromatic rings. The van der Waals surface area contributed by atoms with Crippen LogP contribution in [0.5, 0.6) is 5.88 Å². The molecule has 2 fully saturated rings. The second kappa shape index (κ2) is 10.4. The standard InChI is InChI=1S/C24H31FN6O2/c1-16(13-32-2)29-17-3-5-18(6-4-17)30-22-9-19(20(25)10-28-22)21-11-27-12-23(31-21)33-15-24(14-26)7-8-24/h9-12,16-18,29H,3-8,13,15H2,1-2H3,(H,28,30)/t16-,17?,18?/m1/s1. The summed E-state index contributed by atoms with van der Waals surface area (Å²) in [4.78, 5) is 12.8. The van der Waals surface area contributed by atoms with Crippen LogP contribution in [0.2, 0.25) is 0 Å². The second-order valence-electron chi connectivity index (χ2n) is 9.19. The smallest absolute Gasteiger partial charge is 0.232 e. The van der Waals surface area contributed by atoms with Gasteiger partial charge >= 0.3 is 0 Å². The monoisotopic (exact) mass is 454 g/mol. The van der Waals surface area contributed by atoms with Gasteiger partial charge < -0.3 is 20.1 Å². The summed E-state index contributed by atoms with van der Waals surface area (Å²) in [5.41, 5.74) is 0.278. The molecule has 0 aliphatic heterocycles. The number of anilines is 1. The molecule has 0 unspecified atom stereocenters. The first kappa shape index (κ1) is 23.3. The van der Waals surface area contributed by atoms with Crippen molar-refractivity contribution in [3.8, 4) is 23.2 Å². The summed E-state index contributed by atoms with van der Waals surface area (Å²) in [6.07, 6.45) is 10.00. The van der Waals surface area contributed by atoms with Crippen molar-refractivity contribution in [3.05, 3.63) is 30.5 Å². The average Bonchev–Trinajstić information content (AvgIpc) is 3.61. The quantitative estimate of drug-likeness (QED) is 0.560. The highest BCUT2D eigenvalue weighted by Gasteiger charge is 2.44. The molecule has 2 N–H and O–H groups in total. The van der Waals surface area contributed by atoms with Crippen LogP contribution in [-0.4, -0.2) is 53.4 Å². The molecule has 2 heterocycles. The number of nitrogens with one attached hydrogen (secondary N) is 2. The maximum Gasteiger partial charge on any atom is 0.232 e. The maximum absolute atomic E-state index is 14.6. The van der Waals surface area contributed by atoms with E-state index in [1.807, 2.05) is 0 Å². The Labute approximate surface area is 193 Å². The fourth-order valence-electron chi connectivity index (χ4n) is 4.23. The lowest BCUT2D eigenvalue weighted by Crippen LogP contribution is -2.42. The summed E-state index contributed by atoms with van der Waals surface area (Å²) in [5.74, 6) is 0.432. The van der Waals surface area contributed by atoms with Crippen LogP contribution in [0.25, 0.3) is 11.3 Å². The zero-order valence-corrected chi connectivity index (χ0v) is 19.2. The Balaban J connectivity index is 1.37. The molecule has 2 aromatic heterocycles. The number of nitriles is 1. The SMILES string of the molecule is COC[C@@H](C)NC1CCC(Nc2cc(-c3cncc(OCC4(C#N)CC4)n3)c(F)cn2)CC1. The second-order valence-corrected chi connectivity index (χ2v) is 9.19. The van der Waals surface area contributed by atoms with Crippen molar-refractivity contribution in [1.29, 1.82) is 5.26 Å². The van der Waals surface area contributed by atoms with E-state index in [0.717, 1.165) is 38.5 Å². The minimum atomic E-state index is -0.470. The number of pyridine rings is 1. The molecule has 0 radical (unpaired) electrons. The van der Waals surface area contributed by atoms with E-state index >= 15 is 0 Å². The number of nitrogens with zero attached hydrogens (tertiary/aromatic N) is 4. The molecule has 0 saturated heterocycles. The van der Waals surface area contributed by atoms with Gasteiger partial charge in [-0.25, -0.2) is 14.4 Å². The van der Waals surface area contributed by atoms with E-state index in [0.29, 0.717) is 35.8 Å². The lowest BCUT2D eigenvalue weighted by molar-refractivity contribution is 0.161. The molecular formula is C24H31FN6O2. The Morgan fingerprint density at radius 2 is 1.97 bits per heavy atom. The van der Waals surface area contributed by atoms with Crippen LogP contribution in [0.1, 0.15) is 45.4 Å². The number of ether oxygens (including phenoxy) is 2. The van der Waals surface area contributed by atoms with E-state index in [9.17, 15) is 9.65 Å². The maximum atomic E-state index is 14.6. The highest BCUT2D eigenvalue weighted by Crippen LogP contribution is 2.45. The van der Waals surface area contributed by atoms with Crippen LogP contribution in [0.3, 0.4) is 0 Å². The summed E-state index contributed by atoms with van der Waals surface area (Å²) >= 11 is 0. The van der Waals surface area contributed by atoms with E-state index in [4.69, 9.17) is 9.47 Å². The van der Waals surface area contributed by atoms with Crippen LogP contribution >= 0.6 is 0 Å². The Kier molecular flexibility index (Phi) is 7.36. The Morgan fingerprint density at radius 3 is 2.67 bits per heavy atom. The van der Waals surface area contributed by atoms with Gasteiger partial charge in [0.15, 0.2) is 5.82 Å². The molecule has 0 spiro atoms. The van der Waals surface area contributed by atoms with Gasteiger partial charge in [-0.15, -0.1) is 0 Å². The average molecular weight is 455 g/mol. The van der Waals surface area contributed by atoms with Gasteiger partial charge in [-0.3, -0.25) is 4.98 Å². The Bertz CT molecular complexity index is 985. The number of methoxy groups -OCH3 is 1. The molecule has 8 nitrogen and oxygen atoms in total.